The van der Waals surface area contributed by atoms with Crippen LogP contribution in [0.3, 0.4) is 0 Å². The maximum absolute atomic E-state index is 11.6. The Morgan fingerprint density at radius 2 is 1.85 bits per heavy atom. The van der Waals surface area contributed by atoms with Crippen molar-refractivity contribution >= 4 is 27.9 Å². The fourth-order valence-corrected chi connectivity index (χ4v) is 2.17. The molecule has 20 heavy (non-hydrogen) atoms. The first-order chi connectivity index (χ1) is 9.54. The molecule has 0 aliphatic carbocycles. The monoisotopic (exact) mass is 346 g/mol. The van der Waals surface area contributed by atoms with Crippen LogP contribution in [0.2, 0.25) is 0 Å². The lowest BCUT2D eigenvalue weighted by atomic mass is 10.1. The molecule has 0 heterocycles. The van der Waals surface area contributed by atoms with Gasteiger partial charge in [0.25, 0.3) is 0 Å². The van der Waals surface area contributed by atoms with Crippen molar-refractivity contribution in [2.75, 3.05) is 28.1 Å². The summed E-state index contributed by atoms with van der Waals surface area (Å²) in [4.78, 5) is 23.0. The molecule has 0 N–H and O–H groups in total. The van der Waals surface area contributed by atoms with E-state index in [0.29, 0.717) is 21.3 Å². The van der Waals surface area contributed by atoms with Crippen LogP contribution >= 0.6 is 15.9 Å². The lowest BCUT2D eigenvalue weighted by molar-refractivity contribution is -0.139. The Balaban J connectivity index is 3.20. The second kappa shape index (κ2) is 7.86. The largest absolute Gasteiger partial charge is 0.469 e. The predicted octanol–water partition coefficient (Wildman–Crippen LogP) is 1.93. The number of hydrogen-bond acceptors (Lipinski definition) is 6. The zero-order valence-corrected chi connectivity index (χ0v) is 13.0. The summed E-state index contributed by atoms with van der Waals surface area (Å²) in [5.41, 5.74) is 0.876. The molecule has 0 aromatic heterocycles. The van der Waals surface area contributed by atoms with Crippen LogP contribution in [0.15, 0.2) is 16.6 Å². The number of methoxy groups -OCH3 is 3. The summed E-state index contributed by atoms with van der Waals surface area (Å²) >= 11 is 3.28. The smallest absolute Gasteiger partial charge is 0.339 e. The van der Waals surface area contributed by atoms with Gasteiger partial charge in [-0.2, -0.15) is 0 Å². The highest BCUT2D eigenvalue weighted by atomic mass is 79.9. The van der Waals surface area contributed by atoms with E-state index in [1.54, 1.807) is 12.1 Å². The van der Waals surface area contributed by atoms with Crippen molar-refractivity contribution in [1.29, 1.82) is 0 Å². The van der Waals surface area contributed by atoms with Crippen LogP contribution in [-0.4, -0.2) is 40.1 Å². The van der Waals surface area contributed by atoms with Gasteiger partial charge in [0, 0.05) is 12.7 Å². The van der Waals surface area contributed by atoms with Crippen LogP contribution in [0.25, 0.3) is 0 Å². The van der Waals surface area contributed by atoms with Crippen molar-refractivity contribution in [1.82, 2.24) is 0 Å². The van der Waals surface area contributed by atoms with Crippen molar-refractivity contribution in [3.8, 4) is 5.75 Å². The van der Waals surface area contributed by atoms with Gasteiger partial charge in [-0.3, -0.25) is 4.79 Å². The van der Waals surface area contributed by atoms with E-state index in [0.717, 1.165) is 0 Å². The lowest BCUT2D eigenvalue weighted by Crippen LogP contribution is -2.11. The molecule has 110 valence electrons. The number of halogens is 1. The number of esters is 2. The average molecular weight is 347 g/mol. The first-order valence-electron chi connectivity index (χ1n) is 5.63. The van der Waals surface area contributed by atoms with Gasteiger partial charge in [-0.25, -0.2) is 4.79 Å². The third-order valence-electron chi connectivity index (χ3n) is 2.47. The quantitative estimate of drug-likeness (QED) is 0.579. The molecule has 1 aromatic rings. The van der Waals surface area contributed by atoms with E-state index in [2.05, 4.69) is 25.4 Å². The fraction of sp³-hybridized carbons (Fsp3) is 0.385. The second-order valence-corrected chi connectivity index (χ2v) is 4.50. The van der Waals surface area contributed by atoms with Crippen molar-refractivity contribution in [2.45, 2.75) is 6.42 Å². The standard InChI is InChI=1S/C13H15BrO6/c1-17-7-20-12-8(6-10(15)18-2)4-5-9(11(12)14)13(16)19-3/h4-5H,6-7H2,1-3H3. The molecular weight excluding hydrogens is 332 g/mol. The number of hydrogen-bond donors (Lipinski definition) is 0. The molecule has 6 nitrogen and oxygen atoms in total. The van der Waals surface area contributed by atoms with Crippen LogP contribution in [0.5, 0.6) is 5.75 Å². The van der Waals surface area contributed by atoms with Gasteiger partial charge in [0.2, 0.25) is 0 Å². The molecular formula is C13H15BrO6. The number of carbonyl (C=O) groups is 2. The fourth-order valence-electron chi connectivity index (χ4n) is 1.50. The van der Waals surface area contributed by atoms with Crippen LogP contribution < -0.4 is 4.74 Å². The zero-order valence-electron chi connectivity index (χ0n) is 11.4. The molecule has 1 aromatic carbocycles. The molecule has 0 saturated heterocycles. The van der Waals surface area contributed by atoms with Crippen LogP contribution in [0.4, 0.5) is 0 Å². The Hall–Kier alpha value is -1.60. The van der Waals surface area contributed by atoms with E-state index in [-0.39, 0.29) is 13.2 Å². The SMILES string of the molecule is COCOc1c(CC(=O)OC)ccc(C(=O)OC)c1Br. The van der Waals surface area contributed by atoms with Gasteiger partial charge >= 0.3 is 11.9 Å². The summed E-state index contributed by atoms with van der Waals surface area (Å²) in [6.45, 7) is -0.0165. The molecule has 0 unspecified atom stereocenters. The van der Waals surface area contributed by atoms with Gasteiger partial charge in [-0.05, 0) is 22.0 Å². The minimum atomic E-state index is -0.510. The number of ether oxygens (including phenoxy) is 4. The topological polar surface area (TPSA) is 71.1 Å². The van der Waals surface area contributed by atoms with E-state index in [4.69, 9.17) is 9.47 Å². The second-order valence-electron chi connectivity index (χ2n) is 3.71. The van der Waals surface area contributed by atoms with Gasteiger partial charge in [-0.1, -0.05) is 6.07 Å². The molecule has 0 radical (unpaired) electrons. The number of rotatable bonds is 6. The average Bonchev–Trinajstić information content (AvgIpc) is 2.46. The Bertz CT molecular complexity index is 500. The minimum Gasteiger partial charge on any atom is -0.469 e. The van der Waals surface area contributed by atoms with Gasteiger partial charge < -0.3 is 18.9 Å². The first-order valence-corrected chi connectivity index (χ1v) is 6.42. The normalized spacial score (nSPS) is 10.0. The maximum Gasteiger partial charge on any atom is 0.339 e. The van der Waals surface area contributed by atoms with E-state index >= 15 is 0 Å². The lowest BCUT2D eigenvalue weighted by Gasteiger charge is -2.14. The molecule has 0 atom stereocenters. The highest BCUT2D eigenvalue weighted by molar-refractivity contribution is 9.10. The van der Waals surface area contributed by atoms with Gasteiger partial charge in [0.05, 0.1) is 30.7 Å². The molecule has 0 bridgehead atoms. The summed E-state index contributed by atoms with van der Waals surface area (Å²) < 4.78 is 19.9. The molecule has 1 rings (SSSR count). The van der Waals surface area contributed by atoms with Crippen molar-refractivity contribution < 1.29 is 28.5 Å². The van der Waals surface area contributed by atoms with Crippen molar-refractivity contribution in [2.24, 2.45) is 0 Å². The summed E-state index contributed by atoms with van der Waals surface area (Å²) in [5.74, 6) is -0.575. The molecule has 0 amide bonds. The minimum absolute atomic E-state index is 0.0165. The van der Waals surface area contributed by atoms with E-state index < -0.39 is 11.9 Å². The highest BCUT2D eigenvalue weighted by Gasteiger charge is 2.19. The summed E-state index contributed by atoms with van der Waals surface area (Å²) in [6, 6.07) is 3.16. The zero-order chi connectivity index (χ0) is 15.1. The van der Waals surface area contributed by atoms with Gasteiger partial charge in [0.1, 0.15) is 5.75 Å². The predicted molar refractivity (Wildman–Crippen MR) is 73.7 cm³/mol. The molecule has 7 heteroatoms. The Labute approximate surface area is 125 Å². The first kappa shape index (κ1) is 16.5. The summed E-state index contributed by atoms with van der Waals surface area (Å²) in [6.07, 6.45) is 0.0234. The molecule has 0 aliphatic heterocycles. The Morgan fingerprint density at radius 3 is 2.40 bits per heavy atom. The molecule has 0 saturated carbocycles. The summed E-state index contributed by atoms with van der Waals surface area (Å²) in [7, 11) is 4.06. The van der Waals surface area contributed by atoms with Gasteiger partial charge in [0.15, 0.2) is 6.79 Å². The van der Waals surface area contributed by atoms with E-state index in [1.807, 2.05) is 0 Å². The molecule has 0 fully saturated rings. The number of carbonyl (C=O) groups excluding carboxylic acids is 2. The Kier molecular flexibility index (Phi) is 6.47. The number of benzene rings is 1. The van der Waals surface area contributed by atoms with Gasteiger partial charge in [-0.15, -0.1) is 0 Å². The van der Waals surface area contributed by atoms with Crippen molar-refractivity contribution in [3.63, 3.8) is 0 Å². The highest BCUT2D eigenvalue weighted by Crippen LogP contribution is 2.33. The molecule has 0 spiro atoms. The third kappa shape index (κ3) is 3.94. The third-order valence-corrected chi connectivity index (χ3v) is 3.25. The molecule has 0 aliphatic rings. The van der Waals surface area contributed by atoms with Crippen molar-refractivity contribution in [3.05, 3.63) is 27.7 Å². The Morgan fingerprint density at radius 1 is 1.15 bits per heavy atom. The van der Waals surface area contributed by atoms with E-state index in [9.17, 15) is 9.59 Å². The summed E-state index contributed by atoms with van der Waals surface area (Å²) in [5, 5.41) is 0. The van der Waals surface area contributed by atoms with E-state index in [1.165, 1.54) is 21.3 Å². The van der Waals surface area contributed by atoms with Crippen LogP contribution in [0.1, 0.15) is 15.9 Å². The van der Waals surface area contributed by atoms with Crippen LogP contribution in [0, 0.1) is 0 Å². The van der Waals surface area contributed by atoms with Crippen LogP contribution in [-0.2, 0) is 25.4 Å². The maximum atomic E-state index is 11.6.